The minimum Gasteiger partial charge on any atom is -0.503 e. The lowest BCUT2D eigenvalue weighted by Gasteiger charge is -2.10. The number of halogens is 2. The number of hydrogen-bond acceptors (Lipinski definition) is 7. The third kappa shape index (κ3) is 2.70. The molecular weight excluding hydrogens is 356 g/mol. The zero-order chi connectivity index (χ0) is 19.2. The molecule has 0 aliphatic heterocycles. The van der Waals surface area contributed by atoms with E-state index in [2.05, 4.69) is 0 Å². The molecule has 0 unspecified atom stereocenters. The van der Waals surface area contributed by atoms with Gasteiger partial charge in [-0.15, -0.1) is 4.73 Å². The van der Waals surface area contributed by atoms with Crippen molar-refractivity contribution in [2.24, 2.45) is 0 Å². The maximum atomic E-state index is 13.9. The average molecular weight is 367 g/mol. The number of phenols is 1. The zero-order valence-electron chi connectivity index (χ0n) is 13.1. The first-order chi connectivity index (χ1) is 12.2. The number of carbonyl (C=O) groups is 1. The number of aromatic nitrogens is 1. The Balaban J connectivity index is 2.02. The molecule has 3 N–H and O–H groups in total. The lowest BCUT2D eigenvalue weighted by atomic mass is 10.0. The largest absolute Gasteiger partial charge is 0.503 e. The molecule has 0 fully saturated rings. The first kappa shape index (κ1) is 17.3. The maximum Gasteiger partial charge on any atom is 0.340 e. The van der Waals surface area contributed by atoms with Gasteiger partial charge in [0, 0.05) is 17.5 Å². The van der Waals surface area contributed by atoms with E-state index in [1.807, 2.05) is 0 Å². The fraction of sp³-hybridized carbons (Fsp3) is 0.125. The van der Waals surface area contributed by atoms with Crippen molar-refractivity contribution in [3.63, 3.8) is 0 Å². The molecule has 3 aromatic rings. The lowest BCUT2D eigenvalue weighted by Crippen LogP contribution is -2.24. The predicted molar refractivity (Wildman–Crippen MR) is 81.9 cm³/mol. The highest BCUT2D eigenvalue weighted by atomic mass is 19.1. The van der Waals surface area contributed by atoms with Crippen molar-refractivity contribution in [1.29, 1.82) is 0 Å². The molecule has 0 spiro atoms. The van der Waals surface area contributed by atoms with Gasteiger partial charge in [-0.1, -0.05) is 0 Å². The summed E-state index contributed by atoms with van der Waals surface area (Å²) in [4.78, 5) is 28.7. The number of phenolic OH excluding ortho intramolecular Hbond substituents is 1. The van der Waals surface area contributed by atoms with Crippen LogP contribution in [0.2, 0.25) is 0 Å². The molecule has 3 rings (SSSR count). The first-order valence-electron chi connectivity index (χ1n) is 7.14. The predicted octanol–water partition coefficient (Wildman–Crippen LogP) is 1.50. The highest BCUT2D eigenvalue weighted by molar-refractivity contribution is 5.84. The van der Waals surface area contributed by atoms with Crippen molar-refractivity contribution in [2.75, 3.05) is 0 Å². The Morgan fingerprint density at radius 3 is 2.46 bits per heavy atom. The number of nitrogens with zero attached hydrogens (tertiary/aromatic N) is 1. The van der Waals surface area contributed by atoms with Crippen molar-refractivity contribution in [1.82, 2.24) is 4.73 Å². The van der Waals surface area contributed by atoms with Crippen molar-refractivity contribution >= 4 is 16.9 Å². The molecular formula is C16H11F2NO7. The standard InChI is InChI=1S/C16H11F2NO7/c1-6-7-4-9(17)14(23)13(18)15(7)25-16(24)8(6)5-12(22)26-19-10(20)2-3-11(19)21/h2-4,20-21,23H,5H2,1H3. The number of aromatic hydroxyl groups is 3. The Morgan fingerprint density at radius 1 is 1.23 bits per heavy atom. The van der Waals surface area contributed by atoms with Crippen LogP contribution >= 0.6 is 0 Å². The van der Waals surface area contributed by atoms with E-state index >= 15 is 0 Å². The van der Waals surface area contributed by atoms with Gasteiger partial charge < -0.3 is 24.6 Å². The molecule has 0 atom stereocenters. The molecule has 10 heteroatoms. The molecule has 0 aliphatic rings. The van der Waals surface area contributed by atoms with Crippen LogP contribution in [0.3, 0.4) is 0 Å². The summed E-state index contributed by atoms with van der Waals surface area (Å²) in [5.41, 5.74) is -1.92. The minimum absolute atomic E-state index is 0.0481. The van der Waals surface area contributed by atoms with Gasteiger partial charge in [0.1, 0.15) is 0 Å². The van der Waals surface area contributed by atoms with Gasteiger partial charge in [0.25, 0.3) is 0 Å². The molecule has 136 valence electrons. The third-order valence-electron chi connectivity index (χ3n) is 3.76. The summed E-state index contributed by atoms with van der Waals surface area (Å²) in [5, 5.41) is 28.0. The Kier molecular flexibility index (Phi) is 4.03. The second kappa shape index (κ2) is 6.06. The van der Waals surface area contributed by atoms with Gasteiger partial charge in [-0.2, -0.15) is 4.39 Å². The molecule has 0 aliphatic carbocycles. The van der Waals surface area contributed by atoms with Crippen LogP contribution in [0.25, 0.3) is 11.0 Å². The number of aryl methyl sites for hydroxylation is 1. The molecule has 1 aromatic carbocycles. The number of hydrogen-bond donors (Lipinski definition) is 3. The summed E-state index contributed by atoms with van der Waals surface area (Å²) in [6.07, 6.45) is -0.661. The number of benzene rings is 1. The van der Waals surface area contributed by atoms with Gasteiger partial charge in [0.2, 0.25) is 17.6 Å². The summed E-state index contributed by atoms with van der Waals surface area (Å²) < 4.78 is 32.6. The highest BCUT2D eigenvalue weighted by Gasteiger charge is 2.22. The molecule has 0 radical (unpaired) electrons. The fourth-order valence-electron chi connectivity index (χ4n) is 2.42. The number of fused-ring (bicyclic) bond motifs is 1. The molecule has 0 bridgehead atoms. The minimum atomic E-state index is -1.43. The summed E-state index contributed by atoms with van der Waals surface area (Å²) in [5.74, 6) is -6.15. The first-order valence-corrected chi connectivity index (χ1v) is 7.14. The van der Waals surface area contributed by atoms with E-state index in [4.69, 9.17) is 9.25 Å². The quantitative estimate of drug-likeness (QED) is 0.600. The van der Waals surface area contributed by atoms with E-state index in [-0.39, 0.29) is 16.5 Å². The molecule has 26 heavy (non-hydrogen) atoms. The van der Waals surface area contributed by atoms with E-state index in [0.29, 0.717) is 4.73 Å². The van der Waals surface area contributed by atoms with Crippen LogP contribution in [-0.2, 0) is 11.2 Å². The Morgan fingerprint density at radius 2 is 1.85 bits per heavy atom. The molecule has 2 aromatic heterocycles. The fourth-order valence-corrected chi connectivity index (χ4v) is 2.42. The number of rotatable bonds is 3. The average Bonchev–Trinajstić information content (AvgIpc) is 2.90. The van der Waals surface area contributed by atoms with Crippen LogP contribution in [0.1, 0.15) is 11.1 Å². The Labute approximate surface area is 143 Å². The second-order valence-corrected chi connectivity index (χ2v) is 5.37. The van der Waals surface area contributed by atoms with Gasteiger partial charge in [-0.3, -0.25) is 0 Å². The van der Waals surface area contributed by atoms with E-state index in [1.165, 1.54) is 6.92 Å². The monoisotopic (exact) mass is 367 g/mol. The van der Waals surface area contributed by atoms with Gasteiger partial charge in [0.05, 0.1) is 12.0 Å². The molecule has 8 nitrogen and oxygen atoms in total. The lowest BCUT2D eigenvalue weighted by molar-refractivity contribution is -0.144. The Bertz CT molecular complexity index is 1080. The molecule has 0 amide bonds. The normalized spacial score (nSPS) is 11.0. The van der Waals surface area contributed by atoms with Gasteiger partial charge >= 0.3 is 11.6 Å². The highest BCUT2D eigenvalue weighted by Crippen LogP contribution is 2.30. The van der Waals surface area contributed by atoms with Crippen LogP contribution < -0.4 is 10.5 Å². The van der Waals surface area contributed by atoms with E-state index < -0.39 is 52.7 Å². The van der Waals surface area contributed by atoms with Gasteiger partial charge in [0.15, 0.2) is 17.1 Å². The van der Waals surface area contributed by atoms with Crippen molar-refractivity contribution in [2.45, 2.75) is 13.3 Å². The van der Waals surface area contributed by atoms with Crippen LogP contribution in [0.5, 0.6) is 17.5 Å². The van der Waals surface area contributed by atoms with Crippen molar-refractivity contribution in [3.05, 3.63) is 51.4 Å². The maximum absolute atomic E-state index is 13.9. The van der Waals surface area contributed by atoms with Crippen LogP contribution in [0, 0.1) is 18.6 Å². The third-order valence-corrected chi connectivity index (χ3v) is 3.76. The van der Waals surface area contributed by atoms with Crippen LogP contribution in [0.15, 0.2) is 27.4 Å². The Hall–Kier alpha value is -3.56. The summed E-state index contributed by atoms with van der Waals surface area (Å²) in [7, 11) is 0. The molecule has 2 heterocycles. The zero-order valence-corrected chi connectivity index (χ0v) is 13.1. The van der Waals surface area contributed by atoms with Crippen molar-refractivity contribution in [3.8, 4) is 17.5 Å². The van der Waals surface area contributed by atoms with E-state index in [0.717, 1.165) is 18.2 Å². The van der Waals surface area contributed by atoms with E-state index in [9.17, 15) is 33.7 Å². The van der Waals surface area contributed by atoms with Gasteiger partial charge in [-0.25, -0.2) is 14.0 Å². The summed E-state index contributed by atoms with van der Waals surface area (Å²) in [6.45, 7) is 1.34. The van der Waals surface area contributed by atoms with Crippen molar-refractivity contribution < 1.29 is 38.1 Å². The van der Waals surface area contributed by atoms with Crippen LogP contribution in [-0.4, -0.2) is 26.0 Å². The second-order valence-electron chi connectivity index (χ2n) is 5.37. The summed E-state index contributed by atoms with van der Waals surface area (Å²) >= 11 is 0. The SMILES string of the molecule is Cc1c(CC(=O)On2c(O)ccc2O)c(=O)oc2c(F)c(O)c(F)cc12. The summed E-state index contributed by atoms with van der Waals surface area (Å²) in [6, 6.07) is 2.90. The molecule has 0 saturated carbocycles. The smallest absolute Gasteiger partial charge is 0.340 e. The van der Waals surface area contributed by atoms with Gasteiger partial charge in [-0.05, 0) is 18.6 Å². The molecule has 0 saturated heterocycles. The van der Waals surface area contributed by atoms with E-state index in [1.54, 1.807) is 0 Å². The van der Waals surface area contributed by atoms with Crippen LogP contribution in [0.4, 0.5) is 8.78 Å². The topological polar surface area (TPSA) is 122 Å². The number of carbonyl (C=O) groups excluding carboxylic acids is 1.